The van der Waals surface area contributed by atoms with Crippen molar-refractivity contribution in [2.75, 3.05) is 0 Å². The Bertz CT molecular complexity index is 1820. The van der Waals surface area contributed by atoms with Crippen molar-refractivity contribution in [1.82, 2.24) is 0 Å². The van der Waals surface area contributed by atoms with E-state index in [0.29, 0.717) is 0 Å². The van der Waals surface area contributed by atoms with Gasteiger partial charge in [0, 0.05) is 52.0 Å². The van der Waals surface area contributed by atoms with Gasteiger partial charge in [-0.15, -0.1) is 0 Å². The van der Waals surface area contributed by atoms with Crippen LogP contribution in [0.3, 0.4) is 0 Å². The molecule has 238 valence electrons. The molecule has 0 aromatic heterocycles. The highest BCUT2D eigenvalue weighted by atomic mass is 19.4. The molecule has 2 bridgehead atoms. The predicted molar refractivity (Wildman–Crippen MR) is 135 cm³/mol. The highest BCUT2D eigenvalue weighted by Crippen LogP contribution is 2.67. The van der Waals surface area contributed by atoms with E-state index >= 15 is 0 Å². The first-order valence-electron chi connectivity index (χ1n) is 13.2. The summed E-state index contributed by atoms with van der Waals surface area (Å²) in [6.45, 7) is 0.160. The number of hydrogen-bond donors (Lipinski definition) is 2. The van der Waals surface area contributed by atoms with E-state index in [2.05, 4.69) is 0 Å². The lowest BCUT2D eigenvalue weighted by molar-refractivity contribution is -0.121. The molecule has 2 N–H and O–H groups in total. The van der Waals surface area contributed by atoms with Crippen LogP contribution in [0.4, 0.5) is 52.7 Å². The van der Waals surface area contributed by atoms with Gasteiger partial charge < -0.3 is 10.2 Å². The Morgan fingerprint density at radius 3 is 1.49 bits per heavy atom. The standard InChI is InChI=1S/C31H18F12O2/c1-11(28(32,33)34)23(29(35,36)37)17-13-7-3-2-6-12(13)10-16-20(17)27(45)22-19-15-9-5-4-8-14(15)18(21(22)26(16)44)24(30(38,39)40)25(19)31(41,42)43/h2-9,17-19,44-45H,10H2,1H3/b23-11-. The number of halogens is 12. The van der Waals surface area contributed by atoms with E-state index in [-0.39, 0.29) is 29.2 Å². The molecule has 2 nitrogen and oxygen atoms in total. The molecule has 0 amide bonds. The zero-order valence-electron chi connectivity index (χ0n) is 22.5. The summed E-state index contributed by atoms with van der Waals surface area (Å²) in [4.78, 5) is 0. The molecule has 3 atom stereocenters. The van der Waals surface area contributed by atoms with Crippen LogP contribution < -0.4 is 0 Å². The zero-order valence-corrected chi connectivity index (χ0v) is 22.5. The fourth-order valence-corrected chi connectivity index (χ4v) is 7.17. The number of phenolic OH excluding ortho intramolecular Hbond substituents is 2. The summed E-state index contributed by atoms with van der Waals surface area (Å²) in [6, 6.07) is 9.48. The van der Waals surface area contributed by atoms with E-state index in [1.54, 1.807) is 0 Å². The van der Waals surface area contributed by atoms with Crippen LogP contribution in [0.15, 0.2) is 70.8 Å². The summed E-state index contributed by atoms with van der Waals surface area (Å²) in [6.07, 6.45) is -23.1. The molecule has 0 spiro atoms. The summed E-state index contributed by atoms with van der Waals surface area (Å²) >= 11 is 0. The fraction of sp³-hybridized carbons (Fsp3) is 0.290. The number of allylic oxidation sites excluding steroid dienone is 4. The van der Waals surface area contributed by atoms with Crippen LogP contribution in [0.2, 0.25) is 0 Å². The maximum atomic E-state index is 14.6. The van der Waals surface area contributed by atoms with Gasteiger partial charge in [0.25, 0.3) is 0 Å². The Kier molecular flexibility index (Phi) is 6.50. The van der Waals surface area contributed by atoms with Crippen LogP contribution in [0.25, 0.3) is 0 Å². The molecule has 3 unspecified atom stereocenters. The van der Waals surface area contributed by atoms with Crippen molar-refractivity contribution in [3.05, 3.63) is 115 Å². The van der Waals surface area contributed by atoms with Crippen LogP contribution in [0, 0.1) is 0 Å². The maximum Gasteiger partial charge on any atom is 0.413 e. The lowest BCUT2D eigenvalue weighted by Gasteiger charge is -2.46. The molecule has 4 aliphatic rings. The van der Waals surface area contributed by atoms with Gasteiger partial charge in [0.15, 0.2) is 0 Å². The van der Waals surface area contributed by atoms with Crippen LogP contribution in [0.5, 0.6) is 11.5 Å². The summed E-state index contributed by atoms with van der Waals surface area (Å²) in [5.41, 5.74) is -12.8. The van der Waals surface area contributed by atoms with Crippen molar-refractivity contribution in [2.45, 2.75) is 55.8 Å². The predicted octanol–water partition coefficient (Wildman–Crippen LogP) is 9.59. The second-order valence-electron chi connectivity index (χ2n) is 11.1. The van der Waals surface area contributed by atoms with Crippen LogP contribution in [-0.4, -0.2) is 34.9 Å². The molecule has 0 saturated carbocycles. The van der Waals surface area contributed by atoms with Gasteiger partial charge >= 0.3 is 24.7 Å². The number of aromatic hydroxyl groups is 2. The summed E-state index contributed by atoms with van der Waals surface area (Å²) in [5, 5.41) is 23.2. The van der Waals surface area contributed by atoms with E-state index in [9.17, 15) is 62.9 Å². The number of alkyl halides is 12. The summed E-state index contributed by atoms with van der Waals surface area (Å²) in [5.74, 6) is -9.79. The molecule has 4 aliphatic carbocycles. The number of benzene rings is 3. The molecule has 14 heteroatoms. The van der Waals surface area contributed by atoms with Crippen molar-refractivity contribution in [1.29, 1.82) is 0 Å². The minimum Gasteiger partial charge on any atom is -0.507 e. The highest BCUT2D eigenvalue weighted by molar-refractivity contribution is 5.77. The monoisotopic (exact) mass is 650 g/mol. The van der Waals surface area contributed by atoms with Crippen molar-refractivity contribution in [3.63, 3.8) is 0 Å². The maximum absolute atomic E-state index is 14.6. The average molecular weight is 650 g/mol. The number of hydrogen-bond acceptors (Lipinski definition) is 2. The van der Waals surface area contributed by atoms with Gasteiger partial charge in [-0.05, 0) is 29.2 Å². The molecule has 45 heavy (non-hydrogen) atoms. The molecular formula is C31H18F12O2. The highest BCUT2D eigenvalue weighted by Gasteiger charge is 2.61. The summed E-state index contributed by atoms with van der Waals surface area (Å²) < 4.78 is 173. The number of fused-ring (bicyclic) bond motifs is 2. The van der Waals surface area contributed by atoms with E-state index in [1.165, 1.54) is 30.3 Å². The quantitative estimate of drug-likeness (QED) is 0.157. The van der Waals surface area contributed by atoms with Gasteiger partial charge in [-0.2, -0.15) is 52.7 Å². The van der Waals surface area contributed by atoms with E-state index in [1.807, 2.05) is 0 Å². The van der Waals surface area contributed by atoms with Gasteiger partial charge in [-0.1, -0.05) is 48.5 Å². The molecular weight excluding hydrogens is 632 g/mol. The van der Waals surface area contributed by atoms with E-state index in [4.69, 9.17) is 0 Å². The molecule has 3 aromatic carbocycles. The topological polar surface area (TPSA) is 40.5 Å². The average Bonchev–Trinajstić information content (AvgIpc) is 2.92. The first-order chi connectivity index (χ1) is 20.7. The van der Waals surface area contributed by atoms with Gasteiger partial charge in [0.05, 0.1) is 16.7 Å². The Balaban J connectivity index is 1.79. The fourth-order valence-electron chi connectivity index (χ4n) is 7.17. The van der Waals surface area contributed by atoms with Crippen molar-refractivity contribution < 1.29 is 62.9 Å². The summed E-state index contributed by atoms with van der Waals surface area (Å²) in [7, 11) is 0. The second kappa shape index (κ2) is 9.46. The smallest absolute Gasteiger partial charge is 0.413 e. The molecule has 0 radical (unpaired) electrons. The van der Waals surface area contributed by atoms with Crippen molar-refractivity contribution in [2.24, 2.45) is 0 Å². The van der Waals surface area contributed by atoms with Crippen LogP contribution >= 0.6 is 0 Å². The van der Waals surface area contributed by atoms with E-state index in [0.717, 1.165) is 18.2 Å². The first-order valence-corrected chi connectivity index (χ1v) is 13.2. The van der Waals surface area contributed by atoms with Crippen LogP contribution in [-0.2, 0) is 6.42 Å². The Morgan fingerprint density at radius 1 is 0.600 bits per heavy atom. The Hall–Kier alpha value is -4.10. The second-order valence-corrected chi connectivity index (χ2v) is 11.1. The molecule has 7 rings (SSSR count). The van der Waals surface area contributed by atoms with Gasteiger partial charge in [-0.25, -0.2) is 0 Å². The molecule has 0 aliphatic heterocycles. The number of phenols is 2. The molecule has 0 saturated heterocycles. The largest absolute Gasteiger partial charge is 0.507 e. The molecule has 0 heterocycles. The zero-order chi connectivity index (χ0) is 33.2. The van der Waals surface area contributed by atoms with Gasteiger partial charge in [-0.3, -0.25) is 0 Å². The molecule has 3 aromatic rings. The van der Waals surface area contributed by atoms with Crippen LogP contribution in [0.1, 0.15) is 69.2 Å². The lowest BCUT2D eigenvalue weighted by atomic mass is 9.58. The first kappa shape index (κ1) is 30.9. The van der Waals surface area contributed by atoms with Gasteiger partial charge in [0.1, 0.15) is 11.5 Å². The van der Waals surface area contributed by atoms with Crippen molar-refractivity contribution >= 4 is 0 Å². The third-order valence-electron chi connectivity index (χ3n) is 8.79. The Labute approximate surface area is 245 Å². The van der Waals surface area contributed by atoms with E-state index < -0.39 is 105 Å². The minimum absolute atomic E-state index is 0.0367. The van der Waals surface area contributed by atoms with Gasteiger partial charge in [0.2, 0.25) is 0 Å². The van der Waals surface area contributed by atoms with Crippen molar-refractivity contribution in [3.8, 4) is 11.5 Å². The lowest BCUT2D eigenvalue weighted by Crippen LogP contribution is -2.39. The third kappa shape index (κ3) is 4.42. The molecule has 0 fully saturated rings. The minimum atomic E-state index is -5.71. The Morgan fingerprint density at radius 2 is 1.04 bits per heavy atom. The SMILES string of the molecule is C/C(=C(\C1c2ccccc2Cc2c(O)c3c(c(O)c21)C1C(C(F)(F)F)=C(C(F)(F)F)C3c2ccccc21)C(F)(F)F)C(F)(F)F. The third-order valence-corrected chi connectivity index (χ3v) is 8.79. The number of rotatable bonds is 1. The normalized spacial score (nSPS) is 21.6.